The predicted octanol–water partition coefficient (Wildman–Crippen LogP) is 2.92. The van der Waals surface area contributed by atoms with E-state index in [2.05, 4.69) is 31.1 Å². The molecule has 3 rings (SSSR count). The minimum Gasteiger partial charge on any atom is -0.497 e. The number of methoxy groups -OCH3 is 1. The van der Waals surface area contributed by atoms with Crippen molar-refractivity contribution >= 4 is 11.6 Å². The molecule has 1 aromatic carbocycles. The van der Waals surface area contributed by atoms with Crippen LogP contribution in [0.25, 0.3) is 0 Å². The Balaban J connectivity index is 1.63. The average Bonchev–Trinajstić information content (AvgIpc) is 2.82. The van der Waals surface area contributed by atoms with Crippen molar-refractivity contribution < 1.29 is 9.84 Å². The SMILES string of the molecule is COc1ccc(CN[C@@H]2CC3(C[C@H]2O)CN(C)C3C(C)C)c(Cl)c1. The fourth-order valence-electron chi connectivity index (χ4n) is 5.09. The van der Waals surface area contributed by atoms with Crippen molar-refractivity contribution in [2.75, 3.05) is 20.7 Å². The van der Waals surface area contributed by atoms with E-state index in [9.17, 15) is 5.11 Å². The lowest BCUT2D eigenvalue weighted by Crippen LogP contribution is -2.64. The highest BCUT2D eigenvalue weighted by atomic mass is 35.5. The van der Waals surface area contributed by atoms with Gasteiger partial charge in [-0.25, -0.2) is 0 Å². The van der Waals surface area contributed by atoms with Crippen LogP contribution in [0.1, 0.15) is 32.3 Å². The maximum Gasteiger partial charge on any atom is 0.120 e. The van der Waals surface area contributed by atoms with Crippen LogP contribution in [0.4, 0.5) is 0 Å². The Labute approximate surface area is 150 Å². The molecular formula is C19H29ClN2O2. The van der Waals surface area contributed by atoms with Crippen molar-refractivity contribution in [1.29, 1.82) is 0 Å². The number of hydrogen-bond donors (Lipinski definition) is 2. The van der Waals surface area contributed by atoms with Crippen LogP contribution in [0.2, 0.25) is 5.02 Å². The van der Waals surface area contributed by atoms with Gasteiger partial charge in [-0.05, 0) is 43.5 Å². The van der Waals surface area contributed by atoms with Crippen LogP contribution in [0.5, 0.6) is 5.75 Å². The summed E-state index contributed by atoms with van der Waals surface area (Å²) in [5, 5.41) is 14.8. The lowest BCUT2D eigenvalue weighted by atomic mass is 9.66. The highest BCUT2D eigenvalue weighted by Crippen LogP contribution is 2.52. The number of rotatable bonds is 5. The fourth-order valence-corrected chi connectivity index (χ4v) is 5.33. The molecule has 4 nitrogen and oxygen atoms in total. The maximum atomic E-state index is 10.6. The molecule has 2 fully saturated rings. The average molecular weight is 353 g/mol. The minimum atomic E-state index is -0.281. The Morgan fingerprint density at radius 3 is 2.75 bits per heavy atom. The lowest BCUT2D eigenvalue weighted by Gasteiger charge is -2.57. The van der Waals surface area contributed by atoms with Crippen LogP contribution >= 0.6 is 11.6 Å². The Morgan fingerprint density at radius 2 is 2.17 bits per heavy atom. The van der Waals surface area contributed by atoms with Gasteiger partial charge >= 0.3 is 0 Å². The largest absolute Gasteiger partial charge is 0.497 e. The van der Waals surface area contributed by atoms with E-state index in [4.69, 9.17) is 16.3 Å². The molecule has 2 N–H and O–H groups in total. The van der Waals surface area contributed by atoms with Crippen LogP contribution < -0.4 is 10.1 Å². The summed E-state index contributed by atoms with van der Waals surface area (Å²) >= 11 is 6.32. The third-order valence-electron chi connectivity index (χ3n) is 5.82. The number of aliphatic hydroxyl groups excluding tert-OH is 1. The van der Waals surface area contributed by atoms with E-state index in [0.29, 0.717) is 23.5 Å². The van der Waals surface area contributed by atoms with Crippen LogP contribution in [-0.4, -0.2) is 48.9 Å². The van der Waals surface area contributed by atoms with Gasteiger partial charge in [-0.3, -0.25) is 0 Å². The molecule has 2 aliphatic rings. The van der Waals surface area contributed by atoms with Crippen LogP contribution in [-0.2, 0) is 6.54 Å². The topological polar surface area (TPSA) is 44.7 Å². The number of ether oxygens (including phenoxy) is 1. The van der Waals surface area contributed by atoms with E-state index in [1.165, 1.54) is 0 Å². The molecule has 1 aliphatic heterocycles. The summed E-state index contributed by atoms with van der Waals surface area (Å²) in [5.74, 6) is 1.38. The highest BCUT2D eigenvalue weighted by Gasteiger charge is 2.57. The fraction of sp³-hybridized carbons (Fsp3) is 0.684. The van der Waals surface area contributed by atoms with E-state index < -0.39 is 0 Å². The summed E-state index contributed by atoms with van der Waals surface area (Å²) in [4.78, 5) is 2.43. The van der Waals surface area contributed by atoms with Crippen LogP contribution in [0.15, 0.2) is 18.2 Å². The van der Waals surface area contributed by atoms with E-state index in [1.54, 1.807) is 7.11 Å². The molecule has 4 atom stereocenters. The van der Waals surface area contributed by atoms with Crippen LogP contribution in [0, 0.1) is 11.3 Å². The van der Waals surface area contributed by atoms with Crippen molar-refractivity contribution in [3.63, 3.8) is 0 Å². The molecule has 0 bridgehead atoms. The summed E-state index contributed by atoms with van der Waals surface area (Å²) in [6, 6.07) is 6.45. The van der Waals surface area contributed by atoms with Crippen LogP contribution in [0.3, 0.4) is 0 Å². The van der Waals surface area contributed by atoms with Crippen molar-refractivity contribution in [1.82, 2.24) is 10.2 Å². The summed E-state index contributed by atoms with van der Waals surface area (Å²) in [6.07, 6.45) is 1.65. The standard InChI is InChI=1S/C19H29ClN2O2/c1-12(2)18-19(11-22(18)3)8-16(17(23)9-19)21-10-13-5-6-14(24-4)7-15(13)20/h5-7,12,16-18,21,23H,8-11H2,1-4H3/t16-,17-,18?,19?/m1/s1. The van der Waals surface area contributed by atoms with Crippen molar-refractivity contribution in [2.45, 2.75) is 51.4 Å². The number of aliphatic hydroxyl groups is 1. The van der Waals surface area contributed by atoms with Gasteiger partial charge < -0.3 is 20.1 Å². The molecule has 24 heavy (non-hydrogen) atoms. The summed E-state index contributed by atoms with van der Waals surface area (Å²) in [5.41, 5.74) is 1.31. The smallest absolute Gasteiger partial charge is 0.120 e. The first-order valence-electron chi connectivity index (χ1n) is 8.80. The number of likely N-dealkylation sites (tertiary alicyclic amines) is 1. The first-order chi connectivity index (χ1) is 11.4. The normalized spacial score (nSPS) is 33.2. The van der Waals surface area contributed by atoms with Gasteiger partial charge in [0, 0.05) is 35.6 Å². The molecular weight excluding hydrogens is 324 g/mol. The molecule has 0 amide bonds. The zero-order valence-corrected chi connectivity index (χ0v) is 15.8. The highest BCUT2D eigenvalue weighted by molar-refractivity contribution is 6.31. The number of nitrogens with one attached hydrogen (secondary N) is 1. The van der Waals surface area contributed by atoms with E-state index in [-0.39, 0.29) is 17.6 Å². The Hall–Kier alpha value is -0.810. The minimum absolute atomic E-state index is 0.137. The van der Waals surface area contributed by atoms with Gasteiger partial charge in [-0.1, -0.05) is 31.5 Å². The first-order valence-corrected chi connectivity index (χ1v) is 9.18. The van der Waals surface area contributed by atoms with Gasteiger partial charge in [-0.2, -0.15) is 0 Å². The number of halogens is 1. The number of hydrogen-bond acceptors (Lipinski definition) is 4. The van der Waals surface area contributed by atoms with Crippen molar-refractivity contribution in [3.05, 3.63) is 28.8 Å². The molecule has 1 saturated carbocycles. The molecule has 1 saturated heterocycles. The molecule has 1 heterocycles. The molecule has 1 spiro atoms. The van der Waals surface area contributed by atoms with Gasteiger partial charge in [-0.15, -0.1) is 0 Å². The molecule has 134 valence electrons. The molecule has 2 unspecified atom stereocenters. The number of nitrogens with zero attached hydrogens (tertiary/aromatic N) is 1. The van der Waals surface area contributed by atoms with Gasteiger partial charge in [0.05, 0.1) is 13.2 Å². The zero-order valence-electron chi connectivity index (χ0n) is 15.1. The summed E-state index contributed by atoms with van der Waals surface area (Å²) < 4.78 is 5.19. The summed E-state index contributed by atoms with van der Waals surface area (Å²) in [6.45, 7) is 6.33. The Bertz CT molecular complexity index is 590. The van der Waals surface area contributed by atoms with Gasteiger partial charge in [0.15, 0.2) is 0 Å². The second kappa shape index (κ2) is 6.83. The van der Waals surface area contributed by atoms with E-state index in [1.807, 2.05) is 18.2 Å². The number of benzene rings is 1. The third-order valence-corrected chi connectivity index (χ3v) is 6.17. The molecule has 1 aromatic rings. The maximum absolute atomic E-state index is 10.6. The third kappa shape index (κ3) is 3.17. The summed E-state index contributed by atoms with van der Waals surface area (Å²) in [7, 11) is 3.83. The molecule has 1 aliphatic carbocycles. The van der Waals surface area contributed by atoms with Crippen molar-refractivity contribution in [2.24, 2.45) is 11.3 Å². The monoisotopic (exact) mass is 352 g/mol. The van der Waals surface area contributed by atoms with Gasteiger partial charge in [0.1, 0.15) is 5.75 Å². The first kappa shape index (κ1) is 18.0. The second-order valence-corrected chi connectivity index (χ2v) is 8.29. The molecule has 0 radical (unpaired) electrons. The predicted molar refractivity (Wildman–Crippen MR) is 97.6 cm³/mol. The molecule has 0 aromatic heterocycles. The van der Waals surface area contributed by atoms with E-state index >= 15 is 0 Å². The van der Waals surface area contributed by atoms with E-state index in [0.717, 1.165) is 30.7 Å². The lowest BCUT2D eigenvalue weighted by molar-refractivity contribution is -0.0828. The Kier molecular flexibility index (Phi) is 5.12. The Morgan fingerprint density at radius 1 is 1.42 bits per heavy atom. The zero-order chi connectivity index (χ0) is 17.5. The van der Waals surface area contributed by atoms with Crippen molar-refractivity contribution in [3.8, 4) is 5.75 Å². The van der Waals surface area contributed by atoms with Gasteiger partial charge in [0.2, 0.25) is 0 Å². The van der Waals surface area contributed by atoms with Gasteiger partial charge in [0.25, 0.3) is 0 Å². The second-order valence-electron chi connectivity index (χ2n) is 7.89. The quantitative estimate of drug-likeness (QED) is 0.855. The molecule has 5 heteroatoms.